The molecular weight excluding hydrogens is 402 g/mol. The molecule has 0 saturated heterocycles. The Hall–Kier alpha value is -2.25. The lowest BCUT2D eigenvalue weighted by Gasteiger charge is -2.13. The predicted octanol–water partition coefficient (Wildman–Crippen LogP) is 4.32. The van der Waals surface area contributed by atoms with Crippen LogP contribution in [0.2, 0.25) is 0 Å². The number of ether oxygens (including phenoxy) is 1. The SMILES string of the molecule is Cc1cccc(OCC(=O)N(C)c2nnc(-c3ccc(Br)cc3)s2)c1. The summed E-state index contributed by atoms with van der Waals surface area (Å²) in [4.78, 5) is 13.8. The van der Waals surface area contributed by atoms with Gasteiger partial charge in [-0.2, -0.15) is 0 Å². The summed E-state index contributed by atoms with van der Waals surface area (Å²) in [5.41, 5.74) is 2.05. The summed E-state index contributed by atoms with van der Waals surface area (Å²) in [6.45, 7) is 1.93. The van der Waals surface area contributed by atoms with Crippen molar-refractivity contribution in [3.8, 4) is 16.3 Å². The molecule has 0 fully saturated rings. The third kappa shape index (κ3) is 4.43. The zero-order chi connectivity index (χ0) is 17.8. The Morgan fingerprint density at radius 3 is 2.68 bits per heavy atom. The smallest absolute Gasteiger partial charge is 0.266 e. The minimum atomic E-state index is -0.181. The normalized spacial score (nSPS) is 10.5. The van der Waals surface area contributed by atoms with E-state index in [-0.39, 0.29) is 12.5 Å². The Kier molecular flexibility index (Phi) is 5.45. The van der Waals surface area contributed by atoms with Crippen LogP contribution in [0.5, 0.6) is 5.75 Å². The summed E-state index contributed by atoms with van der Waals surface area (Å²) in [7, 11) is 1.67. The number of carbonyl (C=O) groups excluding carboxylic acids is 1. The van der Waals surface area contributed by atoms with Gasteiger partial charge in [-0.25, -0.2) is 0 Å². The van der Waals surface area contributed by atoms with Crippen LogP contribution in [0.3, 0.4) is 0 Å². The largest absolute Gasteiger partial charge is 0.484 e. The Morgan fingerprint density at radius 1 is 1.20 bits per heavy atom. The van der Waals surface area contributed by atoms with Gasteiger partial charge < -0.3 is 4.74 Å². The summed E-state index contributed by atoms with van der Waals surface area (Å²) in [5, 5.41) is 9.58. The van der Waals surface area contributed by atoms with E-state index in [1.807, 2.05) is 55.5 Å². The molecule has 0 aliphatic rings. The van der Waals surface area contributed by atoms with Crippen molar-refractivity contribution in [1.82, 2.24) is 10.2 Å². The molecule has 7 heteroatoms. The van der Waals surface area contributed by atoms with Gasteiger partial charge in [0.05, 0.1) is 0 Å². The van der Waals surface area contributed by atoms with Crippen LogP contribution in [0.15, 0.2) is 53.0 Å². The number of anilines is 1. The number of aromatic nitrogens is 2. The maximum atomic E-state index is 12.3. The highest BCUT2D eigenvalue weighted by atomic mass is 79.9. The lowest BCUT2D eigenvalue weighted by molar-refractivity contribution is -0.120. The number of aryl methyl sites for hydroxylation is 1. The molecule has 0 atom stereocenters. The van der Waals surface area contributed by atoms with Gasteiger partial charge in [0.2, 0.25) is 5.13 Å². The number of rotatable bonds is 5. The summed E-state index contributed by atoms with van der Waals surface area (Å²) < 4.78 is 6.56. The first kappa shape index (κ1) is 17.6. The maximum Gasteiger partial charge on any atom is 0.266 e. The minimum Gasteiger partial charge on any atom is -0.484 e. The van der Waals surface area contributed by atoms with Gasteiger partial charge in [-0.1, -0.05) is 51.5 Å². The highest BCUT2D eigenvalue weighted by Gasteiger charge is 2.17. The van der Waals surface area contributed by atoms with Crippen molar-refractivity contribution in [2.75, 3.05) is 18.6 Å². The molecule has 0 N–H and O–H groups in total. The van der Waals surface area contributed by atoms with Crippen LogP contribution in [0.25, 0.3) is 10.6 Å². The van der Waals surface area contributed by atoms with E-state index < -0.39 is 0 Å². The molecule has 0 aliphatic carbocycles. The first-order chi connectivity index (χ1) is 12.0. The average molecular weight is 418 g/mol. The fraction of sp³-hybridized carbons (Fsp3) is 0.167. The Balaban J connectivity index is 1.65. The zero-order valence-electron chi connectivity index (χ0n) is 13.8. The van der Waals surface area contributed by atoms with Gasteiger partial charge in [0.1, 0.15) is 10.8 Å². The molecule has 0 bridgehead atoms. The quantitative estimate of drug-likeness (QED) is 0.620. The number of carbonyl (C=O) groups is 1. The molecule has 1 amide bonds. The predicted molar refractivity (Wildman–Crippen MR) is 103 cm³/mol. The van der Waals surface area contributed by atoms with Gasteiger partial charge >= 0.3 is 0 Å². The second-order valence-corrected chi connectivity index (χ2v) is 7.33. The van der Waals surface area contributed by atoms with E-state index in [0.29, 0.717) is 10.9 Å². The molecule has 0 saturated carbocycles. The Morgan fingerprint density at radius 2 is 1.96 bits per heavy atom. The molecule has 0 unspecified atom stereocenters. The molecule has 1 aromatic heterocycles. The van der Waals surface area contributed by atoms with Crippen molar-refractivity contribution in [2.24, 2.45) is 0 Å². The molecule has 0 spiro atoms. The molecule has 2 aromatic carbocycles. The highest BCUT2D eigenvalue weighted by molar-refractivity contribution is 9.10. The molecule has 1 heterocycles. The molecule has 25 heavy (non-hydrogen) atoms. The van der Waals surface area contributed by atoms with Crippen molar-refractivity contribution in [3.63, 3.8) is 0 Å². The Bertz CT molecular complexity index is 880. The number of likely N-dealkylation sites (N-methyl/N-ethyl adjacent to an activating group) is 1. The average Bonchev–Trinajstić information content (AvgIpc) is 3.10. The lowest BCUT2D eigenvalue weighted by atomic mass is 10.2. The maximum absolute atomic E-state index is 12.3. The van der Waals surface area contributed by atoms with Crippen LogP contribution in [-0.2, 0) is 4.79 Å². The van der Waals surface area contributed by atoms with Crippen molar-refractivity contribution < 1.29 is 9.53 Å². The summed E-state index contributed by atoms with van der Waals surface area (Å²) in [6.07, 6.45) is 0. The van der Waals surface area contributed by atoms with E-state index in [4.69, 9.17) is 4.74 Å². The second-order valence-electron chi connectivity index (χ2n) is 5.45. The van der Waals surface area contributed by atoms with Crippen molar-refractivity contribution in [2.45, 2.75) is 6.92 Å². The monoisotopic (exact) mass is 417 g/mol. The zero-order valence-corrected chi connectivity index (χ0v) is 16.2. The second kappa shape index (κ2) is 7.76. The van der Waals surface area contributed by atoms with Crippen molar-refractivity contribution >= 4 is 38.3 Å². The Labute approximate surface area is 158 Å². The number of hydrogen-bond acceptors (Lipinski definition) is 5. The van der Waals surface area contributed by atoms with E-state index in [9.17, 15) is 4.79 Å². The summed E-state index contributed by atoms with van der Waals surface area (Å²) in [5.74, 6) is 0.495. The first-order valence-electron chi connectivity index (χ1n) is 7.58. The van der Waals surface area contributed by atoms with Gasteiger partial charge in [-0.15, -0.1) is 10.2 Å². The number of benzene rings is 2. The lowest BCUT2D eigenvalue weighted by Crippen LogP contribution is -2.31. The van der Waals surface area contributed by atoms with E-state index in [2.05, 4.69) is 26.1 Å². The number of halogens is 1. The number of hydrogen-bond donors (Lipinski definition) is 0. The van der Waals surface area contributed by atoms with E-state index in [0.717, 1.165) is 20.6 Å². The molecule has 3 aromatic rings. The molecule has 128 valence electrons. The van der Waals surface area contributed by atoms with Crippen LogP contribution in [-0.4, -0.2) is 29.8 Å². The summed E-state index contributed by atoms with van der Waals surface area (Å²) in [6, 6.07) is 15.4. The molecule has 3 rings (SSSR count). The minimum absolute atomic E-state index is 0.0485. The van der Waals surface area contributed by atoms with Gasteiger partial charge in [0.15, 0.2) is 6.61 Å². The fourth-order valence-electron chi connectivity index (χ4n) is 2.11. The van der Waals surface area contributed by atoms with Crippen LogP contribution < -0.4 is 9.64 Å². The van der Waals surface area contributed by atoms with Crippen molar-refractivity contribution in [3.05, 3.63) is 58.6 Å². The van der Waals surface area contributed by atoms with Gasteiger partial charge in [-0.3, -0.25) is 9.69 Å². The van der Waals surface area contributed by atoms with E-state index >= 15 is 0 Å². The molecule has 0 radical (unpaired) electrons. The fourth-order valence-corrected chi connectivity index (χ4v) is 3.21. The third-order valence-electron chi connectivity index (χ3n) is 3.52. The number of nitrogens with zero attached hydrogens (tertiary/aromatic N) is 3. The van der Waals surface area contributed by atoms with Crippen LogP contribution in [0.1, 0.15) is 5.56 Å². The van der Waals surface area contributed by atoms with Crippen molar-refractivity contribution in [1.29, 1.82) is 0 Å². The van der Waals surface area contributed by atoms with Gasteiger partial charge in [0, 0.05) is 17.1 Å². The van der Waals surface area contributed by atoms with Crippen LogP contribution in [0.4, 0.5) is 5.13 Å². The number of amides is 1. The van der Waals surface area contributed by atoms with E-state index in [1.165, 1.54) is 16.2 Å². The standard InChI is InChI=1S/C18H16BrN3O2S/c1-12-4-3-5-15(10-12)24-11-16(23)22(2)18-21-20-17(25-18)13-6-8-14(19)9-7-13/h3-10H,11H2,1-2H3. The van der Waals surface area contributed by atoms with Crippen LogP contribution in [0, 0.1) is 6.92 Å². The molecule has 0 aliphatic heterocycles. The third-order valence-corrected chi connectivity index (χ3v) is 5.10. The van der Waals surface area contributed by atoms with Crippen LogP contribution >= 0.6 is 27.3 Å². The molecular formula is C18H16BrN3O2S. The summed E-state index contributed by atoms with van der Waals surface area (Å²) >= 11 is 4.77. The molecule has 5 nitrogen and oxygen atoms in total. The van der Waals surface area contributed by atoms with E-state index in [1.54, 1.807) is 7.05 Å². The van der Waals surface area contributed by atoms with Gasteiger partial charge in [-0.05, 0) is 36.8 Å². The highest BCUT2D eigenvalue weighted by Crippen LogP contribution is 2.29. The van der Waals surface area contributed by atoms with Gasteiger partial charge in [0.25, 0.3) is 5.91 Å². The first-order valence-corrected chi connectivity index (χ1v) is 9.19. The topological polar surface area (TPSA) is 55.3 Å².